The van der Waals surface area contributed by atoms with Crippen LogP contribution < -0.4 is 10.9 Å². The molecule has 7 nitrogen and oxygen atoms in total. The van der Waals surface area contributed by atoms with Gasteiger partial charge >= 0.3 is 6.18 Å². The van der Waals surface area contributed by atoms with Crippen LogP contribution in [0.15, 0.2) is 48.7 Å². The van der Waals surface area contributed by atoms with Crippen LogP contribution in [0, 0.1) is 0 Å². The molecule has 0 radical (unpaired) electrons. The zero-order valence-corrected chi connectivity index (χ0v) is 13.1. The van der Waals surface area contributed by atoms with Crippen LogP contribution in [0.1, 0.15) is 16.3 Å². The van der Waals surface area contributed by atoms with E-state index in [-0.39, 0.29) is 16.7 Å². The van der Waals surface area contributed by atoms with Crippen LogP contribution in [0.5, 0.6) is 0 Å². The molecule has 0 spiro atoms. The van der Waals surface area contributed by atoms with Gasteiger partial charge in [0.15, 0.2) is 0 Å². The minimum absolute atomic E-state index is 0.0526. The average Bonchev–Trinajstić information content (AvgIpc) is 2.99. The number of amides is 2. The van der Waals surface area contributed by atoms with Crippen molar-refractivity contribution in [2.24, 2.45) is 0 Å². The Labute approximate surface area is 144 Å². The molecule has 2 N–H and O–H groups in total. The van der Waals surface area contributed by atoms with Crippen molar-refractivity contribution in [3.05, 3.63) is 60.2 Å². The Morgan fingerprint density at radius 1 is 1.04 bits per heavy atom. The number of hydrogen-bond donors (Lipinski definition) is 2. The van der Waals surface area contributed by atoms with E-state index in [2.05, 4.69) is 20.8 Å². The molecule has 2 aromatic heterocycles. The lowest BCUT2D eigenvalue weighted by molar-refractivity contribution is -0.147. The summed E-state index contributed by atoms with van der Waals surface area (Å²) in [5.41, 5.74) is 4.50. The first-order chi connectivity index (χ1) is 12.4. The number of carbonyl (C=O) groups is 2. The van der Waals surface area contributed by atoms with Gasteiger partial charge in [-0.3, -0.25) is 25.4 Å². The van der Waals surface area contributed by atoms with E-state index in [9.17, 15) is 22.8 Å². The number of hydrazine groups is 1. The SMILES string of the molecule is O=C(Cn1c(C(F)(F)F)nc2ccccc21)NNC(=O)c1ccccn1. The van der Waals surface area contributed by atoms with E-state index in [4.69, 9.17) is 0 Å². The van der Waals surface area contributed by atoms with Gasteiger partial charge in [0.2, 0.25) is 5.82 Å². The number of para-hydroxylation sites is 2. The zero-order valence-electron chi connectivity index (χ0n) is 13.1. The van der Waals surface area contributed by atoms with Gasteiger partial charge in [-0.2, -0.15) is 13.2 Å². The Morgan fingerprint density at radius 3 is 2.46 bits per heavy atom. The smallest absolute Gasteiger partial charge is 0.311 e. The summed E-state index contributed by atoms with van der Waals surface area (Å²) in [5, 5.41) is 0. The number of alkyl halides is 3. The van der Waals surface area contributed by atoms with Gasteiger partial charge in [0.25, 0.3) is 11.8 Å². The molecule has 134 valence electrons. The van der Waals surface area contributed by atoms with Crippen LogP contribution in [0.2, 0.25) is 0 Å². The number of benzene rings is 1. The van der Waals surface area contributed by atoms with Gasteiger partial charge in [-0.25, -0.2) is 4.98 Å². The van der Waals surface area contributed by atoms with E-state index < -0.39 is 30.4 Å². The highest BCUT2D eigenvalue weighted by atomic mass is 19.4. The Morgan fingerprint density at radius 2 is 1.77 bits per heavy atom. The average molecular weight is 363 g/mol. The molecule has 0 atom stereocenters. The minimum Gasteiger partial charge on any atom is -0.311 e. The fraction of sp³-hybridized carbons (Fsp3) is 0.125. The number of halogens is 3. The molecule has 0 aliphatic rings. The number of rotatable bonds is 3. The second kappa shape index (κ2) is 6.82. The first kappa shape index (κ1) is 17.4. The Balaban J connectivity index is 1.76. The molecule has 0 saturated heterocycles. The van der Waals surface area contributed by atoms with Gasteiger partial charge in [0.05, 0.1) is 11.0 Å². The molecule has 26 heavy (non-hydrogen) atoms. The van der Waals surface area contributed by atoms with E-state index >= 15 is 0 Å². The lowest BCUT2D eigenvalue weighted by Gasteiger charge is -2.12. The Kier molecular flexibility index (Phi) is 4.57. The number of fused-ring (bicyclic) bond motifs is 1. The molecule has 1 aromatic carbocycles. The summed E-state index contributed by atoms with van der Waals surface area (Å²) in [6, 6.07) is 10.6. The van der Waals surface area contributed by atoms with Crippen molar-refractivity contribution in [2.75, 3.05) is 0 Å². The number of pyridine rings is 1. The molecule has 2 amide bonds. The Hall–Kier alpha value is -3.43. The largest absolute Gasteiger partial charge is 0.449 e. The Bertz CT molecular complexity index is 953. The standard InChI is InChI=1S/C16H12F3N5O2/c17-16(18,19)15-21-10-5-1-2-7-12(10)24(15)9-13(25)22-23-14(26)11-6-3-4-8-20-11/h1-8H,9H2,(H,22,25)(H,23,26). The second-order valence-electron chi connectivity index (χ2n) is 5.23. The molecule has 3 rings (SSSR count). The number of nitrogens with one attached hydrogen (secondary N) is 2. The first-order valence-corrected chi connectivity index (χ1v) is 7.39. The quantitative estimate of drug-likeness (QED) is 0.696. The van der Waals surface area contributed by atoms with E-state index in [0.29, 0.717) is 0 Å². The van der Waals surface area contributed by atoms with Crippen molar-refractivity contribution in [2.45, 2.75) is 12.7 Å². The number of carbonyl (C=O) groups excluding carboxylic acids is 2. The van der Waals surface area contributed by atoms with Crippen molar-refractivity contribution in [1.82, 2.24) is 25.4 Å². The third kappa shape index (κ3) is 3.63. The summed E-state index contributed by atoms with van der Waals surface area (Å²) in [6.45, 7) is -0.669. The number of nitrogens with zero attached hydrogens (tertiary/aromatic N) is 3. The topological polar surface area (TPSA) is 88.9 Å². The van der Waals surface area contributed by atoms with Crippen LogP contribution in [0.4, 0.5) is 13.2 Å². The molecule has 0 unspecified atom stereocenters. The fourth-order valence-corrected chi connectivity index (χ4v) is 2.32. The maximum absolute atomic E-state index is 13.2. The van der Waals surface area contributed by atoms with Gasteiger partial charge < -0.3 is 4.57 Å². The van der Waals surface area contributed by atoms with Crippen molar-refractivity contribution in [1.29, 1.82) is 0 Å². The number of hydrogen-bond acceptors (Lipinski definition) is 4. The predicted octanol–water partition coefficient (Wildman–Crippen LogP) is 1.91. The summed E-state index contributed by atoms with van der Waals surface area (Å²) in [5.74, 6) is -2.72. The molecular weight excluding hydrogens is 351 g/mol. The van der Waals surface area contributed by atoms with Crippen molar-refractivity contribution in [3.63, 3.8) is 0 Å². The monoisotopic (exact) mass is 363 g/mol. The second-order valence-corrected chi connectivity index (χ2v) is 5.23. The van der Waals surface area contributed by atoms with Gasteiger partial charge in [0, 0.05) is 6.20 Å². The van der Waals surface area contributed by atoms with Crippen molar-refractivity contribution in [3.8, 4) is 0 Å². The van der Waals surface area contributed by atoms with Gasteiger partial charge in [-0.1, -0.05) is 18.2 Å². The molecule has 0 aliphatic heterocycles. The normalized spacial score (nSPS) is 11.3. The summed E-state index contributed by atoms with van der Waals surface area (Å²) < 4.78 is 40.3. The number of imidazole rings is 1. The van der Waals surface area contributed by atoms with Gasteiger partial charge in [0.1, 0.15) is 12.2 Å². The lowest BCUT2D eigenvalue weighted by Crippen LogP contribution is -2.43. The molecule has 2 heterocycles. The molecule has 10 heteroatoms. The highest BCUT2D eigenvalue weighted by molar-refractivity contribution is 5.93. The lowest BCUT2D eigenvalue weighted by atomic mass is 10.3. The summed E-state index contributed by atoms with van der Waals surface area (Å²) in [4.78, 5) is 31.1. The van der Waals surface area contributed by atoms with Crippen LogP contribution in [0.25, 0.3) is 11.0 Å². The summed E-state index contributed by atoms with van der Waals surface area (Å²) >= 11 is 0. The van der Waals surface area contributed by atoms with Crippen LogP contribution in [-0.4, -0.2) is 26.3 Å². The third-order valence-corrected chi connectivity index (χ3v) is 3.42. The summed E-state index contributed by atoms with van der Waals surface area (Å²) in [6.07, 6.45) is -3.33. The predicted molar refractivity (Wildman–Crippen MR) is 84.6 cm³/mol. The fourth-order valence-electron chi connectivity index (χ4n) is 2.32. The van der Waals surface area contributed by atoms with Crippen LogP contribution in [0.3, 0.4) is 0 Å². The maximum Gasteiger partial charge on any atom is 0.449 e. The zero-order chi connectivity index (χ0) is 18.7. The van der Waals surface area contributed by atoms with E-state index in [1.807, 2.05) is 0 Å². The highest BCUT2D eigenvalue weighted by Gasteiger charge is 2.38. The van der Waals surface area contributed by atoms with Crippen molar-refractivity contribution < 1.29 is 22.8 Å². The molecule has 0 saturated carbocycles. The number of aromatic nitrogens is 3. The maximum atomic E-state index is 13.2. The first-order valence-electron chi connectivity index (χ1n) is 7.39. The van der Waals surface area contributed by atoms with Crippen molar-refractivity contribution >= 4 is 22.8 Å². The van der Waals surface area contributed by atoms with E-state index in [1.165, 1.54) is 24.4 Å². The van der Waals surface area contributed by atoms with Gasteiger partial charge in [-0.15, -0.1) is 0 Å². The van der Waals surface area contributed by atoms with Crippen LogP contribution >= 0.6 is 0 Å². The van der Waals surface area contributed by atoms with E-state index in [0.717, 1.165) is 4.57 Å². The summed E-state index contributed by atoms with van der Waals surface area (Å²) in [7, 11) is 0. The molecule has 0 bridgehead atoms. The molecular formula is C16H12F3N5O2. The molecule has 0 fully saturated rings. The van der Waals surface area contributed by atoms with Gasteiger partial charge in [-0.05, 0) is 24.3 Å². The third-order valence-electron chi connectivity index (χ3n) is 3.42. The van der Waals surface area contributed by atoms with Crippen LogP contribution in [-0.2, 0) is 17.5 Å². The molecule has 0 aliphatic carbocycles. The van der Waals surface area contributed by atoms with E-state index in [1.54, 1.807) is 24.3 Å². The highest BCUT2D eigenvalue weighted by Crippen LogP contribution is 2.31. The minimum atomic E-state index is -4.73. The molecule has 3 aromatic rings.